The van der Waals surface area contributed by atoms with Gasteiger partial charge in [0.05, 0.1) is 12.7 Å². The minimum Gasteiger partial charge on any atom is -0.392 e. The van der Waals surface area contributed by atoms with Crippen LogP contribution < -0.4 is 5.32 Å². The molecule has 1 rings (SSSR count). The molecular formula is C13H28N2O2. The first-order valence-corrected chi connectivity index (χ1v) is 6.73. The average Bonchev–Trinajstić information content (AvgIpc) is 2.26. The van der Waals surface area contributed by atoms with Crippen molar-refractivity contribution >= 4 is 0 Å². The van der Waals surface area contributed by atoms with Crippen LogP contribution in [0.15, 0.2) is 0 Å². The number of rotatable bonds is 7. The molecule has 4 nitrogen and oxygen atoms in total. The van der Waals surface area contributed by atoms with Crippen LogP contribution in [0.2, 0.25) is 0 Å². The zero-order chi connectivity index (χ0) is 12.7. The van der Waals surface area contributed by atoms with Crippen molar-refractivity contribution in [1.29, 1.82) is 0 Å². The van der Waals surface area contributed by atoms with E-state index in [1.165, 1.54) is 6.42 Å². The van der Waals surface area contributed by atoms with Gasteiger partial charge < -0.3 is 20.1 Å². The summed E-state index contributed by atoms with van der Waals surface area (Å²) in [6.07, 6.45) is 2.10. The van der Waals surface area contributed by atoms with Gasteiger partial charge in [-0.1, -0.05) is 6.92 Å². The quantitative estimate of drug-likeness (QED) is 0.692. The molecule has 1 fully saturated rings. The van der Waals surface area contributed by atoms with Crippen LogP contribution in [0.4, 0.5) is 0 Å². The van der Waals surface area contributed by atoms with Gasteiger partial charge in [-0.3, -0.25) is 0 Å². The number of ether oxygens (including phenoxy) is 1. The molecule has 0 radical (unpaired) electrons. The summed E-state index contributed by atoms with van der Waals surface area (Å²) in [6, 6.07) is 0. The van der Waals surface area contributed by atoms with Gasteiger partial charge in [-0.15, -0.1) is 0 Å². The zero-order valence-electron chi connectivity index (χ0n) is 11.5. The van der Waals surface area contributed by atoms with E-state index < -0.39 is 0 Å². The minimum absolute atomic E-state index is 0.220. The molecule has 2 unspecified atom stereocenters. The van der Waals surface area contributed by atoms with E-state index in [9.17, 15) is 5.11 Å². The van der Waals surface area contributed by atoms with E-state index >= 15 is 0 Å². The van der Waals surface area contributed by atoms with E-state index in [1.54, 1.807) is 0 Å². The van der Waals surface area contributed by atoms with E-state index in [1.807, 2.05) is 6.92 Å². The lowest BCUT2D eigenvalue weighted by Crippen LogP contribution is -2.49. The second kappa shape index (κ2) is 7.31. The lowest BCUT2D eigenvalue weighted by molar-refractivity contribution is -0.0266. The number of hydrogen-bond donors (Lipinski definition) is 2. The molecule has 17 heavy (non-hydrogen) atoms. The van der Waals surface area contributed by atoms with Crippen LogP contribution in [0.1, 0.15) is 26.7 Å². The van der Waals surface area contributed by atoms with Crippen LogP contribution in [-0.2, 0) is 4.74 Å². The fourth-order valence-electron chi connectivity index (χ4n) is 2.71. The van der Waals surface area contributed by atoms with Crippen molar-refractivity contribution in [3.05, 3.63) is 0 Å². The molecule has 1 saturated heterocycles. The van der Waals surface area contributed by atoms with E-state index in [4.69, 9.17) is 4.74 Å². The van der Waals surface area contributed by atoms with E-state index in [2.05, 4.69) is 24.2 Å². The van der Waals surface area contributed by atoms with Crippen LogP contribution in [0.5, 0.6) is 0 Å². The van der Waals surface area contributed by atoms with Crippen molar-refractivity contribution in [2.75, 3.05) is 46.4 Å². The van der Waals surface area contributed by atoms with Crippen LogP contribution in [0.3, 0.4) is 0 Å². The summed E-state index contributed by atoms with van der Waals surface area (Å²) in [5.41, 5.74) is 0.220. The number of hydrogen-bond acceptors (Lipinski definition) is 4. The first-order valence-electron chi connectivity index (χ1n) is 6.73. The second-order valence-corrected chi connectivity index (χ2v) is 5.48. The highest BCUT2D eigenvalue weighted by atomic mass is 16.5. The maximum Gasteiger partial charge on any atom is 0.0638 e. The summed E-state index contributed by atoms with van der Waals surface area (Å²) in [5.74, 6) is 0. The molecular weight excluding hydrogens is 216 g/mol. The Kier molecular flexibility index (Phi) is 6.41. The van der Waals surface area contributed by atoms with Crippen LogP contribution in [0.25, 0.3) is 0 Å². The van der Waals surface area contributed by atoms with Gasteiger partial charge in [0.1, 0.15) is 0 Å². The fraction of sp³-hybridized carbons (Fsp3) is 1.00. The summed E-state index contributed by atoms with van der Waals surface area (Å²) in [7, 11) is 2.08. The minimum atomic E-state index is -0.263. The normalized spacial score (nSPS) is 27.4. The Bertz CT molecular complexity index is 204. The number of likely N-dealkylation sites (N-methyl/N-ethyl adjacent to an activating group) is 1. The highest BCUT2D eigenvalue weighted by Crippen LogP contribution is 2.28. The smallest absolute Gasteiger partial charge is 0.0638 e. The first kappa shape index (κ1) is 14.9. The molecule has 102 valence electrons. The molecule has 0 amide bonds. The summed E-state index contributed by atoms with van der Waals surface area (Å²) in [5, 5.41) is 12.9. The van der Waals surface area contributed by atoms with Gasteiger partial charge >= 0.3 is 0 Å². The largest absolute Gasteiger partial charge is 0.392 e. The van der Waals surface area contributed by atoms with E-state index in [-0.39, 0.29) is 11.5 Å². The molecule has 0 aromatic rings. The molecule has 0 aromatic heterocycles. The van der Waals surface area contributed by atoms with Gasteiger partial charge in [-0.25, -0.2) is 0 Å². The predicted octanol–water partition coefficient (Wildman–Crippen LogP) is 0.705. The SMILES string of the molecule is CCNCC1(CN(C)CC(C)O)CCCOC1. The topological polar surface area (TPSA) is 44.7 Å². The first-order chi connectivity index (χ1) is 8.08. The Balaban J connectivity index is 2.49. The summed E-state index contributed by atoms with van der Waals surface area (Å²) in [6.45, 7) is 9.44. The van der Waals surface area contributed by atoms with Crippen molar-refractivity contribution in [3.63, 3.8) is 0 Å². The van der Waals surface area contributed by atoms with Crippen molar-refractivity contribution in [1.82, 2.24) is 10.2 Å². The number of nitrogens with one attached hydrogen (secondary N) is 1. The molecule has 4 heteroatoms. The van der Waals surface area contributed by atoms with Crippen molar-refractivity contribution < 1.29 is 9.84 Å². The number of aliphatic hydroxyl groups excluding tert-OH is 1. The molecule has 0 spiro atoms. The Labute approximate surface area is 105 Å². The highest BCUT2D eigenvalue weighted by molar-refractivity contribution is 4.86. The van der Waals surface area contributed by atoms with Gasteiger partial charge in [0.2, 0.25) is 0 Å². The summed E-state index contributed by atoms with van der Waals surface area (Å²) < 4.78 is 5.66. The molecule has 0 aromatic carbocycles. The standard InChI is InChI=1S/C13H28N2O2/c1-4-14-9-13(6-5-7-17-11-13)10-15(3)8-12(2)16/h12,14,16H,4-11H2,1-3H3. The van der Waals surface area contributed by atoms with Crippen molar-refractivity contribution in [3.8, 4) is 0 Å². The molecule has 0 saturated carbocycles. The lowest BCUT2D eigenvalue weighted by Gasteiger charge is -2.40. The third-order valence-corrected chi connectivity index (χ3v) is 3.34. The van der Waals surface area contributed by atoms with Crippen molar-refractivity contribution in [2.24, 2.45) is 5.41 Å². The fourth-order valence-corrected chi connectivity index (χ4v) is 2.71. The molecule has 0 aliphatic carbocycles. The number of aliphatic hydroxyl groups is 1. The third-order valence-electron chi connectivity index (χ3n) is 3.34. The molecule has 1 aliphatic heterocycles. The Morgan fingerprint density at radius 1 is 1.53 bits per heavy atom. The van der Waals surface area contributed by atoms with Gasteiger partial charge in [-0.2, -0.15) is 0 Å². The maximum atomic E-state index is 9.42. The van der Waals surface area contributed by atoms with Crippen LogP contribution in [-0.4, -0.2) is 62.6 Å². The van der Waals surface area contributed by atoms with Crippen molar-refractivity contribution in [2.45, 2.75) is 32.8 Å². The molecule has 1 heterocycles. The Morgan fingerprint density at radius 2 is 2.29 bits per heavy atom. The Morgan fingerprint density at radius 3 is 2.82 bits per heavy atom. The van der Waals surface area contributed by atoms with Crippen LogP contribution in [0, 0.1) is 5.41 Å². The number of nitrogens with zero attached hydrogens (tertiary/aromatic N) is 1. The summed E-state index contributed by atoms with van der Waals surface area (Å²) >= 11 is 0. The second-order valence-electron chi connectivity index (χ2n) is 5.48. The average molecular weight is 244 g/mol. The van der Waals surface area contributed by atoms with Crippen LogP contribution >= 0.6 is 0 Å². The van der Waals surface area contributed by atoms with Gasteiger partial charge in [0.15, 0.2) is 0 Å². The van der Waals surface area contributed by atoms with E-state index in [0.717, 1.165) is 45.8 Å². The predicted molar refractivity (Wildman–Crippen MR) is 70.2 cm³/mol. The summed E-state index contributed by atoms with van der Waals surface area (Å²) in [4.78, 5) is 2.22. The maximum absolute atomic E-state index is 9.42. The van der Waals surface area contributed by atoms with Gasteiger partial charge in [0.25, 0.3) is 0 Å². The monoisotopic (exact) mass is 244 g/mol. The van der Waals surface area contributed by atoms with Gasteiger partial charge in [-0.05, 0) is 33.4 Å². The lowest BCUT2D eigenvalue weighted by atomic mass is 9.81. The Hall–Kier alpha value is -0.160. The third kappa shape index (κ3) is 5.34. The van der Waals surface area contributed by atoms with E-state index in [0.29, 0.717) is 0 Å². The molecule has 0 bridgehead atoms. The molecule has 2 N–H and O–H groups in total. The molecule has 2 atom stereocenters. The highest BCUT2D eigenvalue weighted by Gasteiger charge is 2.33. The zero-order valence-corrected chi connectivity index (χ0v) is 11.5. The van der Waals surface area contributed by atoms with Gasteiger partial charge in [0, 0.05) is 31.7 Å². The molecule has 1 aliphatic rings.